The lowest BCUT2D eigenvalue weighted by Crippen LogP contribution is -2.36. The fourth-order valence-electron chi connectivity index (χ4n) is 2.83. The van der Waals surface area contributed by atoms with Crippen LogP contribution in [0.1, 0.15) is 29.3 Å². The van der Waals surface area contributed by atoms with Gasteiger partial charge in [-0.15, -0.1) is 0 Å². The highest BCUT2D eigenvalue weighted by Crippen LogP contribution is 2.38. The van der Waals surface area contributed by atoms with Gasteiger partial charge in [-0.3, -0.25) is 4.79 Å². The van der Waals surface area contributed by atoms with Crippen LogP contribution in [0.5, 0.6) is 17.2 Å². The number of amides is 1. The summed E-state index contributed by atoms with van der Waals surface area (Å²) in [5, 5.41) is 2.83. The van der Waals surface area contributed by atoms with Crippen LogP contribution in [0, 0.1) is 0 Å². The average Bonchev–Trinajstić information content (AvgIpc) is 2.75. The summed E-state index contributed by atoms with van der Waals surface area (Å²) >= 11 is 0. The molecule has 2 aromatic carbocycles. The van der Waals surface area contributed by atoms with Crippen molar-refractivity contribution in [2.75, 3.05) is 27.9 Å². The third-order valence-corrected chi connectivity index (χ3v) is 4.35. The summed E-state index contributed by atoms with van der Waals surface area (Å²) in [5.74, 6) is 0.0230. The number of carbonyl (C=O) groups excluding carboxylic acids is 2. The van der Waals surface area contributed by atoms with Crippen molar-refractivity contribution < 1.29 is 28.5 Å². The van der Waals surface area contributed by atoms with E-state index in [1.54, 1.807) is 0 Å². The number of hydrogen-bond acceptors (Lipinski definition) is 6. The van der Waals surface area contributed by atoms with E-state index in [0.29, 0.717) is 17.2 Å². The second kappa shape index (κ2) is 10.9. The Hall–Kier alpha value is -3.22. The molecule has 156 valence electrons. The molecular formula is C22H27NO6. The first-order chi connectivity index (χ1) is 14.0. The summed E-state index contributed by atoms with van der Waals surface area (Å²) in [5.41, 5.74) is 1.41. The largest absolute Gasteiger partial charge is 0.493 e. The number of hydrogen-bond donors (Lipinski definition) is 1. The summed E-state index contributed by atoms with van der Waals surface area (Å²) in [7, 11) is 4.38. The molecule has 7 heteroatoms. The predicted molar refractivity (Wildman–Crippen MR) is 109 cm³/mol. The maximum Gasteiger partial charge on any atom is 0.338 e. The number of benzene rings is 2. The second-order valence-electron chi connectivity index (χ2n) is 6.48. The van der Waals surface area contributed by atoms with Crippen molar-refractivity contribution in [3.05, 3.63) is 53.6 Å². The minimum Gasteiger partial charge on any atom is -0.493 e. The quantitative estimate of drug-likeness (QED) is 0.616. The topological polar surface area (TPSA) is 83.1 Å². The molecule has 0 spiro atoms. The molecule has 0 fully saturated rings. The van der Waals surface area contributed by atoms with Crippen molar-refractivity contribution in [1.29, 1.82) is 0 Å². The summed E-state index contributed by atoms with van der Waals surface area (Å²) in [4.78, 5) is 24.4. The van der Waals surface area contributed by atoms with Crippen LogP contribution in [-0.2, 0) is 16.0 Å². The minimum absolute atomic E-state index is 0.0393. The molecular weight excluding hydrogens is 374 g/mol. The van der Waals surface area contributed by atoms with Crippen LogP contribution in [0.3, 0.4) is 0 Å². The number of aryl methyl sites for hydroxylation is 1. The second-order valence-corrected chi connectivity index (χ2v) is 6.48. The van der Waals surface area contributed by atoms with Crippen molar-refractivity contribution in [3.63, 3.8) is 0 Å². The first-order valence-electron chi connectivity index (χ1n) is 9.28. The lowest BCUT2D eigenvalue weighted by molar-refractivity contribution is -0.124. The van der Waals surface area contributed by atoms with Crippen molar-refractivity contribution >= 4 is 11.9 Å². The molecule has 0 bridgehead atoms. The van der Waals surface area contributed by atoms with E-state index in [4.69, 9.17) is 18.9 Å². The number of ether oxygens (including phenoxy) is 4. The average molecular weight is 401 g/mol. The third-order valence-electron chi connectivity index (χ3n) is 4.35. The van der Waals surface area contributed by atoms with Gasteiger partial charge in [-0.05, 0) is 37.5 Å². The number of esters is 1. The van der Waals surface area contributed by atoms with Gasteiger partial charge in [0.05, 0.1) is 26.9 Å². The van der Waals surface area contributed by atoms with Crippen LogP contribution in [0.2, 0.25) is 0 Å². The Morgan fingerprint density at radius 2 is 1.59 bits per heavy atom. The van der Waals surface area contributed by atoms with Crippen LogP contribution in [0.4, 0.5) is 0 Å². The van der Waals surface area contributed by atoms with E-state index in [1.165, 1.54) is 39.0 Å². The molecule has 2 rings (SSSR count). The van der Waals surface area contributed by atoms with Crippen LogP contribution in [0.15, 0.2) is 42.5 Å². The Morgan fingerprint density at radius 1 is 0.966 bits per heavy atom. The Kier molecular flexibility index (Phi) is 8.33. The zero-order valence-electron chi connectivity index (χ0n) is 17.2. The van der Waals surface area contributed by atoms with Gasteiger partial charge in [-0.2, -0.15) is 0 Å². The van der Waals surface area contributed by atoms with E-state index in [-0.39, 0.29) is 24.1 Å². The maximum atomic E-state index is 12.3. The van der Waals surface area contributed by atoms with Crippen LogP contribution in [0.25, 0.3) is 0 Å². The van der Waals surface area contributed by atoms with Crippen LogP contribution < -0.4 is 19.5 Å². The van der Waals surface area contributed by atoms with Crippen molar-refractivity contribution in [2.45, 2.75) is 25.8 Å². The first-order valence-corrected chi connectivity index (χ1v) is 9.28. The zero-order chi connectivity index (χ0) is 21.2. The van der Waals surface area contributed by atoms with Gasteiger partial charge in [0.1, 0.15) is 0 Å². The van der Waals surface area contributed by atoms with E-state index in [9.17, 15) is 9.59 Å². The predicted octanol–water partition coefficient (Wildman–Crippen LogP) is 3.01. The molecule has 0 aliphatic heterocycles. The Morgan fingerprint density at radius 3 is 2.14 bits per heavy atom. The molecule has 0 aliphatic rings. The molecule has 0 unspecified atom stereocenters. The van der Waals surface area contributed by atoms with Gasteiger partial charge in [-0.25, -0.2) is 4.79 Å². The number of nitrogens with one attached hydrogen (secondary N) is 1. The minimum atomic E-state index is -0.656. The Bertz CT molecular complexity index is 796. The SMILES string of the molecule is COc1cc(C(=O)OCC(=O)N[C@H](C)CCc2ccccc2)cc(OC)c1OC. The molecule has 7 nitrogen and oxygen atoms in total. The number of rotatable bonds is 10. The molecule has 0 saturated heterocycles. The highest BCUT2D eigenvalue weighted by molar-refractivity contribution is 5.92. The van der Waals surface area contributed by atoms with Gasteiger partial charge in [-0.1, -0.05) is 30.3 Å². The third kappa shape index (κ3) is 6.41. The van der Waals surface area contributed by atoms with Gasteiger partial charge in [0.15, 0.2) is 18.1 Å². The van der Waals surface area contributed by atoms with Gasteiger partial charge in [0.25, 0.3) is 5.91 Å². The number of methoxy groups -OCH3 is 3. The highest BCUT2D eigenvalue weighted by Gasteiger charge is 2.19. The van der Waals surface area contributed by atoms with E-state index < -0.39 is 5.97 Å². The fraction of sp³-hybridized carbons (Fsp3) is 0.364. The van der Waals surface area contributed by atoms with E-state index >= 15 is 0 Å². The molecule has 0 aliphatic carbocycles. The molecule has 0 radical (unpaired) electrons. The maximum absolute atomic E-state index is 12.3. The van der Waals surface area contributed by atoms with Gasteiger partial charge >= 0.3 is 5.97 Å². The molecule has 0 aromatic heterocycles. The molecule has 1 atom stereocenters. The van der Waals surface area contributed by atoms with Crippen LogP contribution >= 0.6 is 0 Å². The Balaban J connectivity index is 1.87. The summed E-state index contributed by atoms with van der Waals surface area (Å²) in [6.45, 7) is 1.55. The smallest absolute Gasteiger partial charge is 0.338 e. The normalized spacial score (nSPS) is 11.3. The van der Waals surface area contributed by atoms with Gasteiger partial charge in [0.2, 0.25) is 5.75 Å². The first kappa shape index (κ1) is 22.1. The fourth-order valence-corrected chi connectivity index (χ4v) is 2.83. The zero-order valence-corrected chi connectivity index (χ0v) is 17.2. The van der Waals surface area contributed by atoms with Crippen LogP contribution in [-0.4, -0.2) is 45.9 Å². The summed E-state index contributed by atoms with van der Waals surface area (Å²) in [6, 6.07) is 13.0. The molecule has 0 saturated carbocycles. The van der Waals surface area contributed by atoms with Crippen molar-refractivity contribution in [2.24, 2.45) is 0 Å². The molecule has 1 N–H and O–H groups in total. The summed E-state index contributed by atoms with van der Waals surface area (Å²) in [6.07, 6.45) is 1.64. The standard InChI is InChI=1S/C22H27NO6/c1-15(10-11-16-8-6-5-7-9-16)23-20(24)14-29-22(25)17-12-18(26-2)21(28-4)19(13-17)27-3/h5-9,12-13,15H,10-11,14H2,1-4H3,(H,23,24)/t15-/m1/s1. The molecule has 29 heavy (non-hydrogen) atoms. The van der Waals surface area contributed by atoms with E-state index in [2.05, 4.69) is 5.32 Å². The monoisotopic (exact) mass is 401 g/mol. The van der Waals surface area contributed by atoms with Gasteiger partial charge in [0, 0.05) is 6.04 Å². The molecule has 0 heterocycles. The molecule has 2 aromatic rings. The highest BCUT2D eigenvalue weighted by atomic mass is 16.5. The lowest BCUT2D eigenvalue weighted by atomic mass is 10.1. The van der Waals surface area contributed by atoms with Gasteiger partial charge < -0.3 is 24.3 Å². The molecule has 1 amide bonds. The van der Waals surface area contributed by atoms with Crippen molar-refractivity contribution in [1.82, 2.24) is 5.32 Å². The van der Waals surface area contributed by atoms with E-state index in [0.717, 1.165) is 12.8 Å². The van der Waals surface area contributed by atoms with E-state index in [1.807, 2.05) is 37.3 Å². The summed E-state index contributed by atoms with van der Waals surface area (Å²) < 4.78 is 20.8. The lowest BCUT2D eigenvalue weighted by Gasteiger charge is -2.15. The number of carbonyl (C=O) groups is 2. The van der Waals surface area contributed by atoms with Crippen molar-refractivity contribution in [3.8, 4) is 17.2 Å². The Labute approximate surface area is 170 Å².